The number of hydrogen-bond donors (Lipinski definition) is 1. The minimum absolute atomic E-state index is 0.821. The van der Waals surface area contributed by atoms with Crippen LogP contribution in [0.1, 0.15) is 39.0 Å². The standard InChI is InChI=1S/C13H26N2/c1-11(13-5-6-13)15(2)9-7-12-4-3-8-14-10-12/h11-14H,3-10H2,1-2H3. The molecule has 2 rings (SSSR count). The molecule has 0 spiro atoms. The highest BCUT2D eigenvalue weighted by Gasteiger charge is 2.30. The third-order valence-electron chi connectivity index (χ3n) is 4.29. The van der Waals surface area contributed by atoms with Gasteiger partial charge in [0.05, 0.1) is 0 Å². The predicted molar refractivity (Wildman–Crippen MR) is 65.0 cm³/mol. The van der Waals surface area contributed by atoms with Crippen LogP contribution >= 0.6 is 0 Å². The highest BCUT2D eigenvalue weighted by Crippen LogP contribution is 2.34. The van der Waals surface area contributed by atoms with Gasteiger partial charge in [0.2, 0.25) is 0 Å². The smallest absolute Gasteiger partial charge is 0.00921 e. The van der Waals surface area contributed by atoms with Crippen molar-refractivity contribution in [3.05, 3.63) is 0 Å². The molecule has 1 heterocycles. The maximum Gasteiger partial charge on any atom is 0.00921 e. The van der Waals surface area contributed by atoms with Crippen molar-refractivity contribution in [3.63, 3.8) is 0 Å². The Balaban J connectivity index is 1.62. The van der Waals surface area contributed by atoms with Crippen molar-refractivity contribution < 1.29 is 0 Å². The topological polar surface area (TPSA) is 15.3 Å². The Hall–Kier alpha value is -0.0800. The Morgan fingerprint density at radius 2 is 2.13 bits per heavy atom. The highest BCUT2D eigenvalue weighted by atomic mass is 15.1. The first-order chi connectivity index (χ1) is 7.27. The van der Waals surface area contributed by atoms with E-state index in [1.165, 1.54) is 51.7 Å². The number of nitrogens with one attached hydrogen (secondary N) is 1. The van der Waals surface area contributed by atoms with Crippen LogP contribution in [0.15, 0.2) is 0 Å². The van der Waals surface area contributed by atoms with Gasteiger partial charge in [-0.3, -0.25) is 0 Å². The molecule has 2 heteroatoms. The van der Waals surface area contributed by atoms with Gasteiger partial charge in [-0.15, -0.1) is 0 Å². The largest absolute Gasteiger partial charge is 0.316 e. The van der Waals surface area contributed by atoms with E-state index in [2.05, 4.69) is 24.2 Å². The van der Waals surface area contributed by atoms with Crippen molar-refractivity contribution in [1.82, 2.24) is 10.2 Å². The van der Waals surface area contributed by atoms with E-state index in [0.29, 0.717) is 0 Å². The average molecular weight is 210 g/mol. The number of rotatable bonds is 5. The lowest BCUT2D eigenvalue weighted by Gasteiger charge is -2.28. The second-order valence-electron chi connectivity index (χ2n) is 5.56. The predicted octanol–water partition coefficient (Wildman–Crippen LogP) is 2.11. The summed E-state index contributed by atoms with van der Waals surface area (Å²) in [5.74, 6) is 1.95. The van der Waals surface area contributed by atoms with E-state index >= 15 is 0 Å². The summed E-state index contributed by atoms with van der Waals surface area (Å²) in [5.41, 5.74) is 0. The molecular weight excluding hydrogens is 184 g/mol. The van der Waals surface area contributed by atoms with E-state index in [-0.39, 0.29) is 0 Å². The van der Waals surface area contributed by atoms with Crippen LogP contribution in [0.4, 0.5) is 0 Å². The fourth-order valence-corrected chi connectivity index (χ4v) is 2.70. The third-order valence-corrected chi connectivity index (χ3v) is 4.29. The first kappa shape index (κ1) is 11.4. The maximum absolute atomic E-state index is 3.50. The maximum atomic E-state index is 3.50. The molecule has 15 heavy (non-hydrogen) atoms. The molecule has 1 N–H and O–H groups in total. The normalized spacial score (nSPS) is 29.4. The van der Waals surface area contributed by atoms with Crippen LogP contribution in [0.25, 0.3) is 0 Å². The van der Waals surface area contributed by atoms with Gasteiger partial charge < -0.3 is 10.2 Å². The van der Waals surface area contributed by atoms with Crippen molar-refractivity contribution in [3.8, 4) is 0 Å². The summed E-state index contributed by atoms with van der Waals surface area (Å²) in [4.78, 5) is 2.58. The molecule has 2 unspecified atom stereocenters. The molecular formula is C13H26N2. The van der Waals surface area contributed by atoms with E-state index in [1.807, 2.05) is 0 Å². The third kappa shape index (κ3) is 3.46. The molecule has 88 valence electrons. The summed E-state index contributed by atoms with van der Waals surface area (Å²) in [6, 6.07) is 0.821. The zero-order valence-corrected chi connectivity index (χ0v) is 10.3. The van der Waals surface area contributed by atoms with Crippen molar-refractivity contribution in [2.75, 3.05) is 26.7 Å². The molecule has 0 aromatic rings. The van der Waals surface area contributed by atoms with Gasteiger partial charge in [-0.05, 0) is 77.5 Å². The molecule has 1 aliphatic carbocycles. The van der Waals surface area contributed by atoms with Gasteiger partial charge in [-0.25, -0.2) is 0 Å². The summed E-state index contributed by atoms with van der Waals surface area (Å²) in [6.07, 6.45) is 7.15. The van der Waals surface area contributed by atoms with Gasteiger partial charge in [0.15, 0.2) is 0 Å². The van der Waals surface area contributed by atoms with E-state index in [4.69, 9.17) is 0 Å². The van der Waals surface area contributed by atoms with Gasteiger partial charge in [0.25, 0.3) is 0 Å². The minimum Gasteiger partial charge on any atom is -0.316 e. The summed E-state index contributed by atoms with van der Waals surface area (Å²) < 4.78 is 0. The van der Waals surface area contributed by atoms with Gasteiger partial charge in [-0.2, -0.15) is 0 Å². The Morgan fingerprint density at radius 1 is 1.33 bits per heavy atom. The summed E-state index contributed by atoms with van der Waals surface area (Å²) in [6.45, 7) is 6.19. The lowest BCUT2D eigenvalue weighted by molar-refractivity contribution is 0.208. The van der Waals surface area contributed by atoms with Gasteiger partial charge in [0, 0.05) is 6.04 Å². The molecule has 0 radical (unpaired) electrons. The van der Waals surface area contributed by atoms with Crippen molar-refractivity contribution >= 4 is 0 Å². The highest BCUT2D eigenvalue weighted by molar-refractivity contribution is 4.84. The second kappa shape index (κ2) is 5.31. The number of nitrogens with zero attached hydrogens (tertiary/aromatic N) is 1. The second-order valence-corrected chi connectivity index (χ2v) is 5.56. The van der Waals surface area contributed by atoms with Crippen LogP contribution in [0.3, 0.4) is 0 Å². The molecule has 0 aromatic heterocycles. The van der Waals surface area contributed by atoms with Crippen molar-refractivity contribution in [2.45, 2.75) is 45.1 Å². The lowest BCUT2D eigenvalue weighted by Crippen LogP contribution is -2.35. The first-order valence-electron chi connectivity index (χ1n) is 6.68. The molecule has 1 saturated carbocycles. The fourth-order valence-electron chi connectivity index (χ4n) is 2.70. The fraction of sp³-hybridized carbons (Fsp3) is 1.00. The Labute approximate surface area is 94.4 Å². The van der Waals surface area contributed by atoms with Crippen LogP contribution in [0.5, 0.6) is 0 Å². The lowest BCUT2D eigenvalue weighted by atomic mass is 9.96. The van der Waals surface area contributed by atoms with Crippen LogP contribution < -0.4 is 5.32 Å². The molecule has 2 fully saturated rings. The molecule has 0 aromatic carbocycles. The number of hydrogen-bond acceptors (Lipinski definition) is 2. The zero-order valence-electron chi connectivity index (χ0n) is 10.3. The van der Waals surface area contributed by atoms with Crippen LogP contribution in [0.2, 0.25) is 0 Å². The monoisotopic (exact) mass is 210 g/mol. The quantitative estimate of drug-likeness (QED) is 0.747. The van der Waals surface area contributed by atoms with Gasteiger partial charge in [0.1, 0.15) is 0 Å². The first-order valence-corrected chi connectivity index (χ1v) is 6.68. The van der Waals surface area contributed by atoms with Crippen molar-refractivity contribution in [2.24, 2.45) is 11.8 Å². The summed E-state index contributed by atoms with van der Waals surface area (Å²) >= 11 is 0. The van der Waals surface area contributed by atoms with E-state index in [0.717, 1.165) is 17.9 Å². The minimum atomic E-state index is 0.821. The van der Waals surface area contributed by atoms with Crippen LogP contribution in [-0.4, -0.2) is 37.6 Å². The summed E-state index contributed by atoms with van der Waals surface area (Å²) in [7, 11) is 2.30. The molecule has 2 nitrogen and oxygen atoms in total. The van der Waals surface area contributed by atoms with E-state index < -0.39 is 0 Å². The van der Waals surface area contributed by atoms with E-state index in [9.17, 15) is 0 Å². The SMILES string of the molecule is CC(C1CC1)N(C)CCC1CCCNC1. The molecule has 0 bridgehead atoms. The molecule has 2 atom stereocenters. The van der Waals surface area contributed by atoms with Crippen molar-refractivity contribution in [1.29, 1.82) is 0 Å². The van der Waals surface area contributed by atoms with E-state index in [1.54, 1.807) is 0 Å². The Morgan fingerprint density at radius 3 is 2.73 bits per heavy atom. The molecule has 0 amide bonds. The van der Waals surface area contributed by atoms with Crippen LogP contribution in [0, 0.1) is 11.8 Å². The Kier molecular flexibility index (Phi) is 4.04. The average Bonchev–Trinajstić information content (AvgIpc) is 3.10. The van der Waals surface area contributed by atoms with Crippen LogP contribution in [-0.2, 0) is 0 Å². The molecule has 2 aliphatic rings. The molecule has 1 saturated heterocycles. The zero-order chi connectivity index (χ0) is 10.7. The molecule has 1 aliphatic heterocycles. The number of piperidine rings is 1. The van der Waals surface area contributed by atoms with Gasteiger partial charge >= 0.3 is 0 Å². The Bertz CT molecular complexity index is 183. The van der Waals surface area contributed by atoms with Gasteiger partial charge in [-0.1, -0.05) is 0 Å². The summed E-state index contributed by atoms with van der Waals surface area (Å²) in [5, 5.41) is 3.50.